The van der Waals surface area contributed by atoms with Gasteiger partial charge in [-0.2, -0.15) is 0 Å². The van der Waals surface area contributed by atoms with Gasteiger partial charge in [0.2, 0.25) is 0 Å². The predicted molar refractivity (Wildman–Crippen MR) is 85.5 cm³/mol. The molecule has 0 amide bonds. The van der Waals surface area contributed by atoms with Gasteiger partial charge in [0, 0.05) is 23.2 Å². The molecule has 2 aromatic carbocycles. The Bertz CT molecular complexity index is 639. The van der Waals surface area contributed by atoms with Crippen molar-refractivity contribution < 1.29 is 9.47 Å². The molecule has 1 N–H and O–H groups in total. The quantitative estimate of drug-likeness (QED) is 0.922. The molecule has 1 aliphatic heterocycles. The molecule has 0 bridgehead atoms. The molecule has 0 aromatic heterocycles. The average molecular weight is 283 g/mol. The molecule has 0 fully saturated rings. The Morgan fingerprint density at radius 1 is 1.00 bits per heavy atom. The van der Waals surface area contributed by atoms with Crippen molar-refractivity contribution in [1.82, 2.24) is 0 Å². The Kier molecular flexibility index (Phi) is 3.74. The fourth-order valence-electron chi connectivity index (χ4n) is 3.14. The van der Waals surface area contributed by atoms with Crippen LogP contribution in [0.4, 0.5) is 5.69 Å². The average Bonchev–Trinajstić information content (AvgIpc) is 2.53. The first-order valence-corrected chi connectivity index (χ1v) is 7.30. The van der Waals surface area contributed by atoms with Gasteiger partial charge in [-0.15, -0.1) is 0 Å². The van der Waals surface area contributed by atoms with Crippen molar-refractivity contribution in [3.63, 3.8) is 0 Å². The van der Waals surface area contributed by atoms with Crippen molar-refractivity contribution in [3.05, 3.63) is 53.6 Å². The van der Waals surface area contributed by atoms with Gasteiger partial charge in [-0.1, -0.05) is 18.2 Å². The van der Waals surface area contributed by atoms with Crippen LogP contribution in [0.3, 0.4) is 0 Å². The van der Waals surface area contributed by atoms with Crippen molar-refractivity contribution in [2.75, 3.05) is 19.5 Å². The molecule has 2 aromatic rings. The monoisotopic (exact) mass is 283 g/mol. The van der Waals surface area contributed by atoms with Crippen molar-refractivity contribution >= 4 is 5.69 Å². The zero-order chi connectivity index (χ0) is 14.8. The summed E-state index contributed by atoms with van der Waals surface area (Å²) in [7, 11) is 3.42. The summed E-state index contributed by atoms with van der Waals surface area (Å²) >= 11 is 0. The number of methoxy groups -OCH3 is 2. The molecule has 0 aliphatic carbocycles. The maximum Gasteiger partial charge on any atom is 0.122 e. The third-order valence-electron chi connectivity index (χ3n) is 4.14. The lowest BCUT2D eigenvalue weighted by Crippen LogP contribution is -2.26. The number of rotatable bonds is 3. The van der Waals surface area contributed by atoms with Crippen molar-refractivity contribution in [2.24, 2.45) is 0 Å². The molecule has 1 heterocycles. The lowest BCUT2D eigenvalue weighted by Gasteiger charge is -2.32. The van der Waals surface area contributed by atoms with Crippen LogP contribution >= 0.6 is 0 Å². The van der Waals surface area contributed by atoms with Gasteiger partial charge in [-0.3, -0.25) is 0 Å². The molecule has 0 saturated heterocycles. The maximum absolute atomic E-state index is 5.57. The molecule has 2 atom stereocenters. The highest BCUT2D eigenvalue weighted by Crippen LogP contribution is 2.42. The zero-order valence-corrected chi connectivity index (χ0v) is 12.7. The molecular weight excluding hydrogens is 262 g/mol. The number of hydrogen-bond donors (Lipinski definition) is 1. The Morgan fingerprint density at radius 3 is 2.57 bits per heavy atom. The van der Waals surface area contributed by atoms with E-state index in [0.29, 0.717) is 12.0 Å². The molecule has 110 valence electrons. The van der Waals surface area contributed by atoms with Crippen molar-refractivity contribution in [2.45, 2.75) is 25.3 Å². The molecule has 1 aliphatic rings. The van der Waals surface area contributed by atoms with E-state index in [2.05, 4.69) is 42.6 Å². The summed E-state index contributed by atoms with van der Waals surface area (Å²) in [6.45, 7) is 2.22. The fraction of sp³-hybridized carbons (Fsp3) is 0.333. The topological polar surface area (TPSA) is 30.5 Å². The Balaban J connectivity index is 2.11. The summed E-state index contributed by atoms with van der Waals surface area (Å²) in [5.74, 6) is 2.11. The van der Waals surface area contributed by atoms with Crippen LogP contribution in [0.2, 0.25) is 0 Å². The van der Waals surface area contributed by atoms with Gasteiger partial charge in [0.25, 0.3) is 0 Å². The van der Waals surface area contributed by atoms with Crippen LogP contribution in [0.5, 0.6) is 11.5 Å². The number of fused-ring (bicyclic) bond motifs is 1. The first-order chi connectivity index (χ1) is 10.2. The van der Waals surface area contributed by atoms with Crippen LogP contribution in [0.1, 0.15) is 30.4 Å². The summed E-state index contributed by atoms with van der Waals surface area (Å²) in [4.78, 5) is 0. The van der Waals surface area contributed by atoms with E-state index >= 15 is 0 Å². The molecule has 0 radical (unpaired) electrons. The first kappa shape index (κ1) is 13.8. The fourth-order valence-corrected chi connectivity index (χ4v) is 3.14. The van der Waals surface area contributed by atoms with E-state index in [4.69, 9.17) is 9.47 Å². The molecule has 3 heteroatoms. The molecule has 0 spiro atoms. The minimum absolute atomic E-state index is 0.322. The van der Waals surface area contributed by atoms with Gasteiger partial charge in [0.15, 0.2) is 0 Å². The number of hydrogen-bond acceptors (Lipinski definition) is 3. The third kappa shape index (κ3) is 2.56. The second kappa shape index (κ2) is 5.68. The normalized spacial score (nSPS) is 20.3. The number of benzene rings is 2. The van der Waals surface area contributed by atoms with Gasteiger partial charge < -0.3 is 14.8 Å². The van der Waals surface area contributed by atoms with Crippen LogP contribution in [-0.2, 0) is 0 Å². The first-order valence-electron chi connectivity index (χ1n) is 7.30. The van der Waals surface area contributed by atoms with E-state index in [1.54, 1.807) is 14.2 Å². The highest BCUT2D eigenvalue weighted by Gasteiger charge is 2.27. The molecule has 3 rings (SSSR count). The lowest BCUT2D eigenvalue weighted by atomic mass is 9.82. The standard InChI is InChI=1S/C18H21NO2/c1-12-10-15(14-6-4-5-7-17(14)19-12)16-11-13(20-2)8-9-18(16)21-3/h4-9,11-12,15,19H,10H2,1-3H3. The summed E-state index contributed by atoms with van der Waals surface area (Å²) in [5.41, 5.74) is 3.73. The van der Waals surface area contributed by atoms with Crippen LogP contribution in [0.25, 0.3) is 0 Å². The predicted octanol–water partition coefficient (Wildman–Crippen LogP) is 4.04. The number of anilines is 1. The Labute approximate surface area is 125 Å². The Morgan fingerprint density at radius 2 is 1.81 bits per heavy atom. The van der Waals surface area contributed by atoms with Gasteiger partial charge in [-0.25, -0.2) is 0 Å². The van der Waals surface area contributed by atoms with Gasteiger partial charge >= 0.3 is 0 Å². The summed E-state index contributed by atoms with van der Waals surface area (Å²) in [5, 5.41) is 3.55. The van der Waals surface area contributed by atoms with Crippen molar-refractivity contribution in [1.29, 1.82) is 0 Å². The van der Waals surface area contributed by atoms with E-state index in [1.165, 1.54) is 16.8 Å². The molecule has 21 heavy (non-hydrogen) atoms. The van der Waals surface area contributed by atoms with Crippen LogP contribution < -0.4 is 14.8 Å². The number of nitrogens with one attached hydrogen (secondary N) is 1. The minimum atomic E-state index is 0.322. The largest absolute Gasteiger partial charge is 0.497 e. The zero-order valence-electron chi connectivity index (χ0n) is 12.7. The highest BCUT2D eigenvalue weighted by atomic mass is 16.5. The summed E-state index contributed by atoms with van der Waals surface area (Å²) in [6, 6.07) is 15.0. The molecular formula is C18H21NO2. The third-order valence-corrected chi connectivity index (χ3v) is 4.14. The minimum Gasteiger partial charge on any atom is -0.497 e. The van der Waals surface area contributed by atoms with E-state index in [-0.39, 0.29) is 0 Å². The van der Waals surface area contributed by atoms with E-state index < -0.39 is 0 Å². The van der Waals surface area contributed by atoms with E-state index in [1.807, 2.05) is 12.1 Å². The van der Waals surface area contributed by atoms with Crippen molar-refractivity contribution in [3.8, 4) is 11.5 Å². The molecule has 0 saturated carbocycles. The summed E-state index contributed by atoms with van der Waals surface area (Å²) in [6.07, 6.45) is 1.04. The smallest absolute Gasteiger partial charge is 0.122 e. The molecule has 3 nitrogen and oxygen atoms in total. The van der Waals surface area contributed by atoms with Crippen LogP contribution in [0.15, 0.2) is 42.5 Å². The van der Waals surface area contributed by atoms with Crippen LogP contribution in [0, 0.1) is 0 Å². The summed E-state index contributed by atoms with van der Waals surface area (Å²) < 4.78 is 11.0. The van der Waals surface area contributed by atoms with Gasteiger partial charge in [0.05, 0.1) is 14.2 Å². The Hall–Kier alpha value is -2.16. The second-order valence-electron chi connectivity index (χ2n) is 5.53. The lowest BCUT2D eigenvalue weighted by molar-refractivity contribution is 0.395. The highest BCUT2D eigenvalue weighted by molar-refractivity contribution is 5.60. The van der Waals surface area contributed by atoms with E-state index in [9.17, 15) is 0 Å². The number of para-hydroxylation sites is 1. The SMILES string of the molecule is COc1ccc(OC)c(C2CC(C)Nc3ccccc32)c1. The maximum atomic E-state index is 5.57. The van der Waals surface area contributed by atoms with Gasteiger partial charge in [-0.05, 0) is 43.2 Å². The van der Waals surface area contributed by atoms with E-state index in [0.717, 1.165) is 17.9 Å². The van der Waals surface area contributed by atoms with Gasteiger partial charge in [0.1, 0.15) is 11.5 Å². The molecule has 2 unspecified atom stereocenters. The van der Waals surface area contributed by atoms with Crippen LogP contribution in [-0.4, -0.2) is 20.3 Å². The second-order valence-corrected chi connectivity index (χ2v) is 5.53. The number of ether oxygens (including phenoxy) is 2.